The maximum Gasteiger partial charge on any atom is 0.228 e. The number of nitrogens with zero attached hydrogens (tertiary/aromatic N) is 3. The lowest BCUT2D eigenvalue weighted by Crippen LogP contribution is -2.33. The van der Waals surface area contributed by atoms with Crippen LogP contribution in [0.5, 0.6) is 0 Å². The Balaban J connectivity index is 1.75. The van der Waals surface area contributed by atoms with Gasteiger partial charge in [-0.15, -0.1) is 0 Å². The minimum absolute atomic E-state index is 0.445. The van der Waals surface area contributed by atoms with Gasteiger partial charge in [0.1, 0.15) is 5.69 Å². The minimum Gasteiger partial charge on any atom is -0.339 e. The molecule has 2 aromatic rings. The van der Waals surface area contributed by atoms with Crippen molar-refractivity contribution in [2.75, 3.05) is 6.54 Å². The molecule has 0 aliphatic heterocycles. The van der Waals surface area contributed by atoms with E-state index in [-0.39, 0.29) is 0 Å². The molecule has 1 saturated carbocycles. The van der Waals surface area contributed by atoms with Gasteiger partial charge in [-0.05, 0) is 53.4 Å². The van der Waals surface area contributed by atoms with Crippen LogP contribution in [0.3, 0.4) is 0 Å². The predicted molar refractivity (Wildman–Crippen MR) is 79.1 cm³/mol. The molecule has 106 valence electrons. The van der Waals surface area contributed by atoms with Crippen molar-refractivity contribution in [1.82, 2.24) is 20.4 Å². The zero-order chi connectivity index (χ0) is 13.9. The second kappa shape index (κ2) is 6.01. The van der Waals surface area contributed by atoms with Crippen molar-refractivity contribution in [1.29, 1.82) is 0 Å². The van der Waals surface area contributed by atoms with Gasteiger partial charge >= 0.3 is 0 Å². The van der Waals surface area contributed by atoms with Crippen LogP contribution in [0.4, 0.5) is 0 Å². The summed E-state index contributed by atoms with van der Waals surface area (Å²) in [6.07, 6.45) is 5.10. The number of hydrogen-bond donors (Lipinski definition) is 1. The van der Waals surface area contributed by atoms with E-state index in [1.807, 2.05) is 12.1 Å². The van der Waals surface area contributed by atoms with Gasteiger partial charge in [0.15, 0.2) is 0 Å². The fourth-order valence-corrected chi connectivity index (χ4v) is 2.77. The summed E-state index contributed by atoms with van der Waals surface area (Å²) < 4.78 is 6.24. The Morgan fingerprint density at radius 3 is 3.05 bits per heavy atom. The van der Waals surface area contributed by atoms with Crippen molar-refractivity contribution in [3.8, 4) is 11.5 Å². The summed E-state index contributed by atoms with van der Waals surface area (Å²) in [6.45, 7) is 3.09. The summed E-state index contributed by atoms with van der Waals surface area (Å²) in [4.78, 5) is 8.74. The van der Waals surface area contributed by atoms with E-state index in [2.05, 4.69) is 43.3 Å². The monoisotopic (exact) mass is 336 g/mol. The normalized spacial score (nSPS) is 16.3. The lowest BCUT2D eigenvalue weighted by molar-refractivity contribution is 0.348. The number of pyridine rings is 1. The minimum atomic E-state index is 0.445. The van der Waals surface area contributed by atoms with Crippen LogP contribution < -0.4 is 5.32 Å². The Morgan fingerprint density at radius 2 is 2.35 bits per heavy atom. The molecule has 1 N–H and O–H groups in total. The van der Waals surface area contributed by atoms with Crippen molar-refractivity contribution >= 4 is 15.9 Å². The predicted octanol–water partition coefficient (Wildman–Crippen LogP) is 2.82. The van der Waals surface area contributed by atoms with E-state index in [0.717, 1.165) is 23.4 Å². The largest absolute Gasteiger partial charge is 0.339 e. The number of nitrogens with one attached hydrogen (secondary N) is 1. The fourth-order valence-electron chi connectivity index (χ4n) is 2.34. The molecule has 1 aliphatic rings. The summed E-state index contributed by atoms with van der Waals surface area (Å²) in [7, 11) is 0. The molecule has 6 heteroatoms. The molecule has 20 heavy (non-hydrogen) atoms. The van der Waals surface area contributed by atoms with Gasteiger partial charge in [0, 0.05) is 23.1 Å². The van der Waals surface area contributed by atoms with E-state index >= 15 is 0 Å². The van der Waals surface area contributed by atoms with Gasteiger partial charge in [-0.3, -0.25) is 4.98 Å². The highest BCUT2D eigenvalue weighted by Gasteiger charge is 2.32. The summed E-state index contributed by atoms with van der Waals surface area (Å²) in [6, 6.07) is 4.23. The molecule has 0 radical (unpaired) electrons. The first-order valence-corrected chi connectivity index (χ1v) is 7.74. The molecule has 2 aromatic heterocycles. The van der Waals surface area contributed by atoms with Crippen molar-refractivity contribution in [2.45, 2.75) is 32.2 Å². The third-order valence-electron chi connectivity index (χ3n) is 3.49. The van der Waals surface area contributed by atoms with Crippen molar-refractivity contribution < 1.29 is 4.52 Å². The van der Waals surface area contributed by atoms with E-state index in [9.17, 15) is 0 Å². The topological polar surface area (TPSA) is 63.8 Å². The van der Waals surface area contributed by atoms with Crippen molar-refractivity contribution in [3.63, 3.8) is 0 Å². The second-order valence-corrected chi connectivity index (χ2v) is 5.91. The molecule has 0 bridgehead atoms. The van der Waals surface area contributed by atoms with Crippen LogP contribution in [0.1, 0.15) is 25.7 Å². The van der Waals surface area contributed by atoms with Gasteiger partial charge in [0.05, 0.1) is 0 Å². The van der Waals surface area contributed by atoms with Gasteiger partial charge < -0.3 is 9.84 Å². The zero-order valence-electron chi connectivity index (χ0n) is 11.3. The fraction of sp³-hybridized carbons (Fsp3) is 0.500. The zero-order valence-corrected chi connectivity index (χ0v) is 12.9. The molecule has 3 rings (SSSR count). The average molecular weight is 337 g/mol. The van der Waals surface area contributed by atoms with Crippen LogP contribution in [0.15, 0.2) is 27.3 Å². The molecule has 1 atom stereocenters. The molecule has 1 aliphatic carbocycles. The average Bonchev–Trinajstić information content (AvgIpc) is 3.20. The molecule has 2 heterocycles. The summed E-state index contributed by atoms with van der Waals surface area (Å²) in [5.41, 5.74) is 0.717. The quantitative estimate of drug-likeness (QED) is 0.878. The lowest BCUT2D eigenvalue weighted by Gasteiger charge is -2.14. The van der Waals surface area contributed by atoms with E-state index in [4.69, 9.17) is 4.52 Å². The van der Waals surface area contributed by atoms with Gasteiger partial charge in [-0.25, -0.2) is 0 Å². The van der Waals surface area contributed by atoms with E-state index in [1.165, 1.54) is 12.8 Å². The Labute approximate surface area is 126 Å². The highest BCUT2D eigenvalue weighted by molar-refractivity contribution is 9.10. The SMILES string of the molecule is CCNC(Cc1nc(-c2ncccc2Br)no1)C1CC1. The maximum atomic E-state index is 5.37. The molecular formula is C14H17BrN4O. The van der Waals surface area contributed by atoms with Crippen LogP contribution in [-0.4, -0.2) is 27.7 Å². The first-order chi connectivity index (χ1) is 9.78. The Kier molecular flexibility index (Phi) is 4.12. The first-order valence-electron chi connectivity index (χ1n) is 6.94. The van der Waals surface area contributed by atoms with Gasteiger partial charge in [0.25, 0.3) is 0 Å². The summed E-state index contributed by atoms with van der Waals surface area (Å²) in [5.74, 6) is 1.97. The van der Waals surface area contributed by atoms with Crippen LogP contribution in [0, 0.1) is 5.92 Å². The van der Waals surface area contributed by atoms with Crippen LogP contribution in [0.25, 0.3) is 11.5 Å². The number of halogens is 1. The molecule has 0 aromatic carbocycles. The molecule has 0 amide bonds. The molecule has 1 fully saturated rings. The number of hydrogen-bond acceptors (Lipinski definition) is 5. The van der Waals surface area contributed by atoms with Crippen LogP contribution in [0.2, 0.25) is 0 Å². The Morgan fingerprint density at radius 1 is 1.50 bits per heavy atom. The summed E-state index contributed by atoms with van der Waals surface area (Å²) in [5, 5.41) is 7.53. The molecule has 0 spiro atoms. The standard InChI is InChI=1S/C14H17BrN4O/c1-2-16-11(9-5-6-9)8-12-18-14(19-20-12)13-10(15)4-3-7-17-13/h3-4,7,9,11,16H,2,5-6,8H2,1H3. The molecule has 5 nitrogen and oxygen atoms in total. The van der Waals surface area contributed by atoms with Gasteiger partial charge in [-0.2, -0.15) is 4.98 Å². The third-order valence-corrected chi connectivity index (χ3v) is 4.13. The van der Waals surface area contributed by atoms with E-state index in [1.54, 1.807) is 6.20 Å². The van der Waals surface area contributed by atoms with Gasteiger partial charge in [0.2, 0.25) is 11.7 Å². The highest BCUT2D eigenvalue weighted by Crippen LogP contribution is 2.34. The second-order valence-electron chi connectivity index (χ2n) is 5.05. The van der Waals surface area contributed by atoms with Gasteiger partial charge in [-0.1, -0.05) is 12.1 Å². The highest BCUT2D eigenvalue weighted by atomic mass is 79.9. The van der Waals surface area contributed by atoms with E-state index < -0.39 is 0 Å². The number of aromatic nitrogens is 3. The number of likely N-dealkylation sites (N-methyl/N-ethyl adjacent to an activating group) is 1. The molecule has 1 unspecified atom stereocenters. The Bertz CT molecular complexity index is 582. The first kappa shape index (κ1) is 13.7. The van der Waals surface area contributed by atoms with Crippen LogP contribution >= 0.6 is 15.9 Å². The summed E-state index contributed by atoms with van der Waals surface area (Å²) >= 11 is 3.45. The molecule has 0 saturated heterocycles. The smallest absolute Gasteiger partial charge is 0.228 e. The van der Waals surface area contributed by atoms with Crippen molar-refractivity contribution in [2.24, 2.45) is 5.92 Å². The number of rotatable bonds is 6. The maximum absolute atomic E-state index is 5.37. The van der Waals surface area contributed by atoms with Crippen LogP contribution in [-0.2, 0) is 6.42 Å². The Hall–Kier alpha value is -1.27. The van der Waals surface area contributed by atoms with E-state index in [0.29, 0.717) is 23.5 Å². The van der Waals surface area contributed by atoms with Crippen molar-refractivity contribution in [3.05, 3.63) is 28.7 Å². The molecular weight excluding hydrogens is 320 g/mol. The lowest BCUT2D eigenvalue weighted by atomic mass is 10.1. The third kappa shape index (κ3) is 3.07.